The van der Waals surface area contributed by atoms with Crippen LogP contribution < -0.4 is 4.74 Å². The van der Waals surface area contributed by atoms with Gasteiger partial charge < -0.3 is 14.4 Å². The van der Waals surface area contributed by atoms with E-state index in [4.69, 9.17) is 21.4 Å². The Hall–Kier alpha value is -2.60. The van der Waals surface area contributed by atoms with Gasteiger partial charge in [0.1, 0.15) is 23.6 Å². The first-order valence-electron chi connectivity index (χ1n) is 7.54. The first-order chi connectivity index (χ1) is 11.6. The molecule has 0 aliphatic heterocycles. The van der Waals surface area contributed by atoms with Gasteiger partial charge in [-0.25, -0.2) is 9.97 Å². The number of ether oxygens (including phenoxy) is 1. The molecule has 1 aromatic carbocycles. The van der Waals surface area contributed by atoms with Gasteiger partial charge in [0.05, 0.1) is 11.6 Å². The van der Waals surface area contributed by atoms with Crippen LogP contribution in [0.15, 0.2) is 42.6 Å². The topological polar surface area (TPSA) is 77.2 Å². The standard InChI is InChI=1S/C17H16ClN3O3/c18-12-9-14-17(19-10-12)21(11-16(22)23)15(20-14)7-4-8-24-13-5-2-1-3-6-13/h1-3,5-6,9-10H,4,7-8,11H2,(H,22,23). The lowest BCUT2D eigenvalue weighted by Gasteiger charge is -2.07. The largest absolute Gasteiger partial charge is 0.494 e. The minimum Gasteiger partial charge on any atom is -0.494 e. The van der Waals surface area contributed by atoms with Gasteiger partial charge in [0.2, 0.25) is 0 Å². The van der Waals surface area contributed by atoms with E-state index >= 15 is 0 Å². The lowest BCUT2D eigenvalue weighted by molar-refractivity contribution is -0.137. The van der Waals surface area contributed by atoms with Crippen molar-refractivity contribution >= 4 is 28.7 Å². The SMILES string of the molecule is O=C(O)Cn1c(CCCOc2ccccc2)nc2cc(Cl)cnc21. The third-order valence-corrected chi connectivity index (χ3v) is 3.69. The number of halogens is 1. The second-order valence-electron chi connectivity index (χ2n) is 5.27. The smallest absolute Gasteiger partial charge is 0.323 e. The van der Waals surface area contributed by atoms with Crippen molar-refractivity contribution in [2.24, 2.45) is 0 Å². The molecule has 0 saturated carbocycles. The number of imidazole rings is 1. The normalized spacial score (nSPS) is 10.9. The van der Waals surface area contributed by atoms with E-state index in [2.05, 4.69) is 9.97 Å². The molecule has 7 heteroatoms. The molecule has 0 spiro atoms. The molecule has 3 rings (SSSR count). The summed E-state index contributed by atoms with van der Waals surface area (Å²) in [4.78, 5) is 19.8. The van der Waals surface area contributed by atoms with Gasteiger partial charge in [0, 0.05) is 12.6 Å². The maximum Gasteiger partial charge on any atom is 0.323 e. The molecule has 0 unspecified atom stereocenters. The van der Waals surface area contributed by atoms with Crippen molar-refractivity contribution in [1.29, 1.82) is 0 Å². The van der Waals surface area contributed by atoms with Crippen molar-refractivity contribution in [3.8, 4) is 5.75 Å². The van der Waals surface area contributed by atoms with Crippen molar-refractivity contribution in [1.82, 2.24) is 14.5 Å². The van der Waals surface area contributed by atoms with Crippen LogP contribution >= 0.6 is 11.6 Å². The summed E-state index contributed by atoms with van der Waals surface area (Å²) < 4.78 is 7.26. The van der Waals surface area contributed by atoms with Crippen LogP contribution in [-0.4, -0.2) is 32.2 Å². The number of fused-ring (bicyclic) bond motifs is 1. The number of aromatic nitrogens is 3. The van der Waals surface area contributed by atoms with Crippen LogP contribution in [0.2, 0.25) is 5.02 Å². The fraction of sp³-hybridized carbons (Fsp3) is 0.235. The van der Waals surface area contributed by atoms with Gasteiger partial charge in [-0.15, -0.1) is 0 Å². The lowest BCUT2D eigenvalue weighted by Crippen LogP contribution is -2.13. The summed E-state index contributed by atoms with van der Waals surface area (Å²) in [6.07, 6.45) is 2.80. The quantitative estimate of drug-likeness (QED) is 0.665. The van der Waals surface area contributed by atoms with Crippen molar-refractivity contribution < 1.29 is 14.6 Å². The Morgan fingerprint density at radius 3 is 2.83 bits per heavy atom. The molecule has 0 radical (unpaired) electrons. The summed E-state index contributed by atoms with van der Waals surface area (Å²) in [5, 5.41) is 9.59. The number of aryl methyl sites for hydroxylation is 1. The van der Waals surface area contributed by atoms with Crippen LogP contribution in [0.5, 0.6) is 5.75 Å². The molecule has 2 heterocycles. The highest BCUT2D eigenvalue weighted by atomic mass is 35.5. The Morgan fingerprint density at radius 1 is 1.29 bits per heavy atom. The predicted molar refractivity (Wildman–Crippen MR) is 90.4 cm³/mol. The van der Waals surface area contributed by atoms with Crippen molar-refractivity contribution in [2.45, 2.75) is 19.4 Å². The van der Waals surface area contributed by atoms with Crippen LogP contribution in [0.25, 0.3) is 11.2 Å². The summed E-state index contributed by atoms with van der Waals surface area (Å²) >= 11 is 5.93. The highest BCUT2D eigenvalue weighted by Crippen LogP contribution is 2.19. The second kappa shape index (κ2) is 7.31. The monoisotopic (exact) mass is 345 g/mol. The van der Waals surface area contributed by atoms with Crippen molar-refractivity contribution in [3.63, 3.8) is 0 Å². The van der Waals surface area contributed by atoms with Gasteiger partial charge in [0.25, 0.3) is 0 Å². The molecule has 2 aromatic heterocycles. The highest BCUT2D eigenvalue weighted by molar-refractivity contribution is 6.31. The molecule has 3 aromatic rings. The summed E-state index contributed by atoms with van der Waals surface area (Å²) in [7, 11) is 0. The maximum atomic E-state index is 11.1. The number of benzene rings is 1. The molecule has 0 atom stereocenters. The summed E-state index contributed by atoms with van der Waals surface area (Å²) in [5.41, 5.74) is 1.13. The molecule has 1 N–H and O–H groups in total. The molecule has 0 bridgehead atoms. The zero-order valence-corrected chi connectivity index (χ0v) is 13.6. The highest BCUT2D eigenvalue weighted by Gasteiger charge is 2.14. The number of nitrogens with zero attached hydrogens (tertiary/aromatic N) is 3. The van der Waals surface area contributed by atoms with Crippen molar-refractivity contribution in [2.75, 3.05) is 6.61 Å². The van der Waals surface area contributed by atoms with E-state index in [1.54, 1.807) is 10.6 Å². The Balaban J connectivity index is 1.71. The van der Waals surface area contributed by atoms with E-state index in [9.17, 15) is 4.79 Å². The van der Waals surface area contributed by atoms with Gasteiger partial charge in [-0.3, -0.25) is 4.79 Å². The average Bonchev–Trinajstić information content (AvgIpc) is 2.89. The molecular formula is C17H16ClN3O3. The predicted octanol–water partition coefficient (Wildman–Crippen LogP) is 3.18. The van der Waals surface area contributed by atoms with E-state index < -0.39 is 5.97 Å². The number of carboxylic acids is 1. The number of hydrogen-bond donors (Lipinski definition) is 1. The number of carbonyl (C=O) groups is 1. The van der Waals surface area contributed by atoms with Crippen LogP contribution in [0.1, 0.15) is 12.2 Å². The average molecular weight is 346 g/mol. The van der Waals surface area contributed by atoms with Crippen LogP contribution in [-0.2, 0) is 17.8 Å². The third kappa shape index (κ3) is 3.83. The first-order valence-corrected chi connectivity index (χ1v) is 7.91. The Bertz CT molecular complexity index is 849. The number of rotatable bonds is 7. The summed E-state index contributed by atoms with van der Waals surface area (Å²) in [6, 6.07) is 11.2. The van der Waals surface area contributed by atoms with Gasteiger partial charge in [-0.1, -0.05) is 29.8 Å². The number of pyridine rings is 1. The van der Waals surface area contributed by atoms with Gasteiger partial charge >= 0.3 is 5.97 Å². The van der Waals surface area contributed by atoms with E-state index in [1.807, 2.05) is 30.3 Å². The van der Waals surface area contributed by atoms with Crippen LogP contribution in [0.3, 0.4) is 0 Å². The molecule has 124 valence electrons. The Morgan fingerprint density at radius 2 is 2.08 bits per heavy atom. The van der Waals surface area contributed by atoms with E-state index in [0.29, 0.717) is 41.5 Å². The Kier molecular flexibility index (Phi) is 4.96. The van der Waals surface area contributed by atoms with Crippen LogP contribution in [0.4, 0.5) is 0 Å². The van der Waals surface area contributed by atoms with E-state index in [1.165, 1.54) is 6.20 Å². The maximum absolute atomic E-state index is 11.1. The number of carboxylic acid groups (broad SMARTS) is 1. The van der Waals surface area contributed by atoms with E-state index in [-0.39, 0.29) is 6.54 Å². The summed E-state index contributed by atoms with van der Waals surface area (Å²) in [6.45, 7) is 0.342. The number of para-hydroxylation sites is 1. The third-order valence-electron chi connectivity index (χ3n) is 3.48. The first kappa shape index (κ1) is 16.3. The fourth-order valence-electron chi connectivity index (χ4n) is 2.46. The zero-order chi connectivity index (χ0) is 16.9. The molecule has 0 fully saturated rings. The molecule has 0 aliphatic rings. The number of hydrogen-bond acceptors (Lipinski definition) is 4. The van der Waals surface area contributed by atoms with Gasteiger partial charge in [-0.05, 0) is 24.6 Å². The Labute approximate surface area is 143 Å². The number of aliphatic carboxylic acids is 1. The molecule has 0 saturated heterocycles. The molecule has 0 amide bonds. The molecule has 0 aliphatic carbocycles. The minimum absolute atomic E-state index is 0.181. The minimum atomic E-state index is -0.937. The zero-order valence-electron chi connectivity index (χ0n) is 12.9. The van der Waals surface area contributed by atoms with Crippen LogP contribution in [0, 0.1) is 0 Å². The molecule has 6 nitrogen and oxygen atoms in total. The lowest BCUT2D eigenvalue weighted by atomic mass is 10.3. The fourth-order valence-corrected chi connectivity index (χ4v) is 2.61. The summed E-state index contributed by atoms with van der Waals surface area (Å²) in [5.74, 6) is 0.539. The van der Waals surface area contributed by atoms with E-state index in [0.717, 1.165) is 5.75 Å². The van der Waals surface area contributed by atoms with Gasteiger partial charge in [-0.2, -0.15) is 0 Å². The molecular weight excluding hydrogens is 330 g/mol. The second-order valence-corrected chi connectivity index (χ2v) is 5.71. The van der Waals surface area contributed by atoms with Crippen molar-refractivity contribution in [3.05, 3.63) is 53.4 Å². The van der Waals surface area contributed by atoms with Gasteiger partial charge in [0.15, 0.2) is 5.65 Å². The molecule has 24 heavy (non-hydrogen) atoms.